The fourth-order valence-electron chi connectivity index (χ4n) is 3.06. The van der Waals surface area contributed by atoms with Crippen molar-refractivity contribution in [3.63, 3.8) is 0 Å². The quantitative estimate of drug-likeness (QED) is 0.535. The number of amides is 1. The number of aliphatic imine (C=N–C) groups is 1. The smallest absolute Gasteiger partial charge is 0.284 e. The molecule has 0 saturated heterocycles. The molecular formula is C17H25N7O2. The summed E-state index contributed by atoms with van der Waals surface area (Å²) in [7, 11) is 1.72. The standard InChI is InChI=1S/C17H25N7O2/c1-10(2)16-23-22-14-7-4-11(9-24(14)16)21-17(19-3)20-8-12-5-6-13(26-12)15(18)25/h5-6,10-11H,4,7-9H2,1-3H3,(H2,18,25)(H2,19,20,21). The lowest BCUT2D eigenvalue weighted by Gasteiger charge is -2.27. The Morgan fingerprint density at radius 1 is 1.46 bits per heavy atom. The number of rotatable bonds is 5. The van der Waals surface area contributed by atoms with Gasteiger partial charge in [-0.3, -0.25) is 9.79 Å². The van der Waals surface area contributed by atoms with Crippen molar-refractivity contribution >= 4 is 11.9 Å². The molecule has 0 spiro atoms. The Balaban J connectivity index is 1.58. The van der Waals surface area contributed by atoms with Crippen LogP contribution in [0.25, 0.3) is 0 Å². The van der Waals surface area contributed by atoms with Gasteiger partial charge >= 0.3 is 0 Å². The number of nitrogens with one attached hydrogen (secondary N) is 2. The van der Waals surface area contributed by atoms with Gasteiger partial charge in [-0.05, 0) is 18.6 Å². The number of nitrogens with zero attached hydrogens (tertiary/aromatic N) is 4. The van der Waals surface area contributed by atoms with Crippen LogP contribution in [-0.4, -0.2) is 39.7 Å². The molecule has 2 aromatic rings. The van der Waals surface area contributed by atoms with Gasteiger partial charge in [-0.25, -0.2) is 0 Å². The van der Waals surface area contributed by atoms with Gasteiger partial charge in [0.15, 0.2) is 11.7 Å². The van der Waals surface area contributed by atoms with E-state index in [-0.39, 0.29) is 11.8 Å². The second kappa shape index (κ2) is 7.59. The van der Waals surface area contributed by atoms with Crippen molar-refractivity contribution < 1.29 is 9.21 Å². The Morgan fingerprint density at radius 2 is 2.27 bits per heavy atom. The first kappa shape index (κ1) is 18.0. The molecule has 1 atom stereocenters. The molecule has 26 heavy (non-hydrogen) atoms. The fraction of sp³-hybridized carbons (Fsp3) is 0.529. The predicted octanol–water partition coefficient (Wildman–Crippen LogP) is 0.773. The number of aromatic nitrogens is 3. The molecule has 0 fully saturated rings. The number of fused-ring (bicyclic) bond motifs is 1. The molecule has 0 aromatic carbocycles. The maximum Gasteiger partial charge on any atom is 0.284 e. The van der Waals surface area contributed by atoms with Crippen molar-refractivity contribution in [2.24, 2.45) is 10.7 Å². The van der Waals surface area contributed by atoms with E-state index in [1.54, 1.807) is 19.2 Å². The van der Waals surface area contributed by atoms with E-state index in [0.717, 1.165) is 31.0 Å². The van der Waals surface area contributed by atoms with Crippen molar-refractivity contribution in [2.75, 3.05) is 7.05 Å². The maximum atomic E-state index is 11.1. The Morgan fingerprint density at radius 3 is 2.92 bits per heavy atom. The van der Waals surface area contributed by atoms with E-state index in [2.05, 4.69) is 44.2 Å². The zero-order valence-electron chi connectivity index (χ0n) is 15.3. The highest BCUT2D eigenvalue weighted by molar-refractivity contribution is 5.89. The predicted molar refractivity (Wildman–Crippen MR) is 96.8 cm³/mol. The highest BCUT2D eigenvalue weighted by atomic mass is 16.3. The number of furan rings is 1. The second-order valence-corrected chi connectivity index (χ2v) is 6.68. The third-order valence-electron chi connectivity index (χ3n) is 4.39. The first-order chi connectivity index (χ1) is 12.5. The number of hydrogen-bond donors (Lipinski definition) is 3. The minimum atomic E-state index is -0.577. The highest BCUT2D eigenvalue weighted by Gasteiger charge is 2.24. The topological polar surface area (TPSA) is 123 Å². The van der Waals surface area contributed by atoms with Crippen LogP contribution >= 0.6 is 0 Å². The summed E-state index contributed by atoms with van der Waals surface area (Å²) in [6.07, 6.45) is 1.85. The molecule has 0 radical (unpaired) electrons. The summed E-state index contributed by atoms with van der Waals surface area (Å²) in [6, 6.07) is 3.52. The molecule has 1 aliphatic heterocycles. The van der Waals surface area contributed by atoms with Crippen molar-refractivity contribution in [3.05, 3.63) is 35.3 Å². The Hall–Kier alpha value is -2.84. The molecule has 0 saturated carbocycles. The van der Waals surface area contributed by atoms with E-state index in [0.29, 0.717) is 24.2 Å². The summed E-state index contributed by atoms with van der Waals surface area (Å²) >= 11 is 0. The second-order valence-electron chi connectivity index (χ2n) is 6.68. The average Bonchev–Trinajstić information content (AvgIpc) is 3.25. The van der Waals surface area contributed by atoms with Gasteiger partial charge in [-0.15, -0.1) is 10.2 Å². The third-order valence-corrected chi connectivity index (χ3v) is 4.39. The number of guanidine groups is 1. The Labute approximate surface area is 152 Å². The number of aryl methyl sites for hydroxylation is 1. The van der Waals surface area contributed by atoms with E-state index in [4.69, 9.17) is 10.2 Å². The molecule has 9 nitrogen and oxygen atoms in total. The van der Waals surface area contributed by atoms with E-state index < -0.39 is 5.91 Å². The zero-order chi connectivity index (χ0) is 18.7. The minimum absolute atomic E-state index is 0.151. The minimum Gasteiger partial charge on any atom is -0.454 e. The van der Waals surface area contributed by atoms with E-state index in [9.17, 15) is 4.79 Å². The lowest BCUT2D eigenvalue weighted by molar-refractivity contribution is 0.0972. The van der Waals surface area contributed by atoms with Crippen LogP contribution in [0.2, 0.25) is 0 Å². The molecule has 3 heterocycles. The maximum absolute atomic E-state index is 11.1. The Bertz CT molecular complexity index is 806. The number of primary amides is 1. The van der Waals surface area contributed by atoms with Gasteiger partial charge in [-0.2, -0.15) is 0 Å². The molecule has 1 aliphatic rings. The normalized spacial score (nSPS) is 17.2. The number of nitrogens with two attached hydrogens (primary N) is 1. The molecule has 2 aromatic heterocycles. The van der Waals surface area contributed by atoms with Gasteiger partial charge in [-0.1, -0.05) is 13.8 Å². The van der Waals surface area contributed by atoms with Gasteiger partial charge in [0, 0.05) is 32.0 Å². The van der Waals surface area contributed by atoms with Gasteiger partial charge in [0.2, 0.25) is 0 Å². The van der Waals surface area contributed by atoms with Gasteiger partial charge in [0.1, 0.15) is 17.4 Å². The number of carbonyl (C=O) groups excluding carboxylic acids is 1. The molecule has 1 amide bonds. The molecular weight excluding hydrogens is 334 g/mol. The van der Waals surface area contributed by atoms with Crippen LogP contribution in [-0.2, 0) is 19.5 Å². The monoisotopic (exact) mass is 359 g/mol. The van der Waals surface area contributed by atoms with Crippen LogP contribution in [0, 0.1) is 0 Å². The van der Waals surface area contributed by atoms with Crippen LogP contribution in [0.15, 0.2) is 21.5 Å². The average molecular weight is 359 g/mol. The molecule has 140 valence electrons. The van der Waals surface area contributed by atoms with E-state index in [1.165, 1.54) is 0 Å². The summed E-state index contributed by atoms with van der Waals surface area (Å²) in [5, 5.41) is 15.2. The first-order valence-electron chi connectivity index (χ1n) is 8.75. The molecule has 9 heteroatoms. The van der Waals surface area contributed by atoms with E-state index >= 15 is 0 Å². The van der Waals surface area contributed by atoms with Gasteiger partial charge in [0.25, 0.3) is 5.91 Å². The van der Waals surface area contributed by atoms with Crippen molar-refractivity contribution in [1.29, 1.82) is 0 Å². The third kappa shape index (κ3) is 3.87. The van der Waals surface area contributed by atoms with Crippen molar-refractivity contribution in [3.8, 4) is 0 Å². The molecule has 4 N–H and O–H groups in total. The summed E-state index contributed by atoms with van der Waals surface area (Å²) in [4.78, 5) is 15.3. The fourth-order valence-corrected chi connectivity index (χ4v) is 3.06. The summed E-state index contributed by atoms with van der Waals surface area (Å²) in [6.45, 7) is 5.47. The van der Waals surface area contributed by atoms with E-state index in [1.807, 2.05) is 0 Å². The van der Waals surface area contributed by atoms with Crippen LogP contribution in [0.5, 0.6) is 0 Å². The van der Waals surface area contributed by atoms with Gasteiger partial charge < -0.3 is 25.4 Å². The molecule has 0 aliphatic carbocycles. The SMILES string of the molecule is CN=C(NCc1ccc(C(N)=O)o1)NC1CCc2nnc(C(C)C)n2C1. The largest absolute Gasteiger partial charge is 0.454 e. The van der Waals surface area contributed by atoms with Crippen LogP contribution < -0.4 is 16.4 Å². The van der Waals surface area contributed by atoms with Crippen LogP contribution in [0.4, 0.5) is 0 Å². The summed E-state index contributed by atoms with van der Waals surface area (Å²) in [5.41, 5.74) is 5.19. The van der Waals surface area contributed by atoms with Gasteiger partial charge in [0.05, 0.1) is 6.54 Å². The summed E-state index contributed by atoms with van der Waals surface area (Å²) in [5.74, 6) is 3.27. The van der Waals surface area contributed by atoms with Crippen LogP contribution in [0.1, 0.15) is 54.2 Å². The van der Waals surface area contributed by atoms with Crippen molar-refractivity contribution in [1.82, 2.24) is 25.4 Å². The Kier molecular flexibility index (Phi) is 5.24. The number of hydrogen-bond acceptors (Lipinski definition) is 5. The highest BCUT2D eigenvalue weighted by Crippen LogP contribution is 2.20. The number of carbonyl (C=O) groups is 1. The molecule has 0 bridgehead atoms. The lowest BCUT2D eigenvalue weighted by atomic mass is 10.1. The van der Waals surface area contributed by atoms with Crippen molar-refractivity contribution in [2.45, 2.75) is 51.7 Å². The van der Waals surface area contributed by atoms with Crippen LogP contribution in [0.3, 0.4) is 0 Å². The zero-order valence-corrected chi connectivity index (χ0v) is 15.3. The molecule has 1 unspecified atom stereocenters. The first-order valence-corrected chi connectivity index (χ1v) is 8.75. The lowest BCUT2D eigenvalue weighted by Crippen LogP contribution is -2.46. The summed E-state index contributed by atoms with van der Waals surface area (Å²) < 4.78 is 7.57. The molecule has 3 rings (SSSR count).